The van der Waals surface area contributed by atoms with Crippen molar-refractivity contribution in [2.45, 2.75) is 37.8 Å². The number of rotatable bonds is 4. The van der Waals surface area contributed by atoms with Crippen LogP contribution < -0.4 is 0 Å². The third kappa shape index (κ3) is 3.71. The summed E-state index contributed by atoms with van der Waals surface area (Å²) < 4.78 is 0. The first-order chi connectivity index (χ1) is 7.00. The Hall–Kier alpha value is -0.760. The molecule has 1 aromatic carbocycles. The minimum atomic E-state index is 0.128. The number of carbonyl (C=O) groups is 1. The normalized spacial score (nSPS) is 12.9. The number of hydrogen-bond acceptors (Lipinski definition) is 2. The molecule has 0 amide bonds. The first-order valence-corrected chi connectivity index (χ1v) is 6.16. The Bertz CT molecular complexity index is 327. The van der Waals surface area contributed by atoms with Crippen LogP contribution in [0.25, 0.3) is 0 Å². The molecular weight excluding hydrogens is 204 g/mol. The van der Waals surface area contributed by atoms with E-state index >= 15 is 0 Å². The van der Waals surface area contributed by atoms with Gasteiger partial charge in [0.15, 0.2) is 5.78 Å². The Morgan fingerprint density at radius 1 is 1.13 bits per heavy atom. The molecule has 82 valence electrons. The topological polar surface area (TPSA) is 17.1 Å². The van der Waals surface area contributed by atoms with Gasteiger partial charge >= 0.3 is 0 Å². The van der Waals surface area contributed by atoms with Crippen LogP contribution in [0, 0.1) is 5.92 Å². The number of benzene rings is 1. The molecule has 0 spiro atoms. The lowest BCUT2D eigenvalue weighted by Crippen LogP contribution is -2.05. The lowest BCUT2D eigenvalue weighted by Gasteiger charge is -2.14. The quantitative estimate of drug-likeness (QED) is 0.565. The number of Topliss-reactive ketones (excluding diaryl/α,β-unsaturated/α-hetero) is 1. The Morgan fingerprint density at radius 2 is 1.67 bits per heavy atom. The number of thioether (sulfide) groups is 1. The second-order valence-electron chi connectivity index (χ2n) is 4.15. The van der Waals surface area contributed by atoms with E-state index in [-0.39, 0.29) is 5.78 Å². The van der Waals surface area contributed by atoms with Crippen molar-refractivity contribution < 1.29 is 4.79 Å². The average molecular weight is 222 g/mol. The van der Waals surface area contributed by atoms with Gasteiger partial charge in [-0.2, -0.15) is 0 Å². The van der Waals surface area contributed by atoms with Crippen molar-refractivity contribution in [1.82, 2.24) is 0 Å². The van der Waals surface area contributed by atoms with E-state index in [9.17, 15) is 4.79 Å². The monoisotopic (exact) mass is 222 g/mol. The van der Waals surface area contributed by atoms with Gasteiger partial charge in [-0.25, -0.2) is 0 Å². The summed E-state index contributed by atoms with van der Waals surface area (Å²) in [7, 11) is 0. The predicted molar refractivity (Wildman–Crippen MR) is 66.6 cm³/mol. The van der Waals surface area contributed by atoms with Crippen LogP contribution >= 0.6 is 11.8 Å². The minimum absolute atomic E-state index is 0.128. The van der Waals surface area contributed by atoms with Crippen molar-refractivity contribution in [2.75, 3.05) is 0 Å². The van der Waals surface area contributed by atoms with Gasteiger partial charge in [0.05, 0.1) is 0 Å². The lowest BCUT2D eigenvalue weighted by molar-refractivity contribution is 0.101. The second-order valence-corrected chi connectivity index (χ2v) is 5.60. The maximum Gasteiger partial charge on any atom is 0.159 e. The molecule has 0 fully saturated rings. The van der Waals surface area contributed by atoms with Crippen LogP contribution in [0.4, 0.5) is 0 Å². The van der Waals surface area contributed by atoms with Crippen molar-refractivity contribution in [3.8, 4) is 0 Å². The van der Waals surface area contributed by atoms with Gasteiger partial charge in [0.25, 0.3) is 0 Å². The average Bonchev–Trinajstić information content (AvgIpc) is 2.18. The Morgan fingerprint density at radius 3 is 2.07 bits per heavy atom. The molecule has 0 saturated carbocycles. The molecule has 0 aliphatic rings. The van der Waals surface area contributed by atoms with E-state index < -0.39 is 0 Å². The molecule has 0 N–H and O–H groups in total. The van der Waals surface area contributed by atoms with E-state index in [2.05, 4.69) is 20.8 Å². The summed E-state index contributed by atoms with van der Waals surface area (Å²) in [5, 5.41) is 0.605. The Balaban J connectivity index is 2.68. The maximum absolute atomic E-state index is 11.1. The summed E-state index contributed by atoms with van der Waals surface area (Å²) in [5.41, 5.74) is 0.788. The molecular formula is C13H18OS. The summed E-state index contributed by atoms with van der Waals surface area (Å²) in [5.74, 6) is 0.797. The van der Waals surface area contributed by atoms with Crippen molar-refractivity contribution in [2.24, 2.45) is 5.92 Å². The highest BCUT2D eigenvalue weighted by atomic mass is 32.2. The SMILES string of the molecule is CC(=O)c1ccc(SC(C)C(C)C)cc1. The van der Waals surface area contributed by atoms with E-state index in [0.29, 0.717) is 11.2 Å². The Kier molecular flexibility index (Phi) is 4.40. The molecule has 0 aliphatic heterocycles. The molecule has 2 heteroatoms. The van der Waals surface area contributed by atoms with Crippen LogP contribution in [0.1, 0.15) is 38.1 Å². The first kappa shape index (κ1) is 12.3. The van der Waals surface area contributed by atoms with E-state index in [0.717, 1.165) is 5.56 Å². The standard InChI is InChI=1S/C13H18OS/c1-9(2)11(4)15-13-7-5-12(6-8-13)10(3)14/h5-9,11H,1-4H3. The smallest absolute Gasteiger partial charge is 0.159 e. The summed E-state index contributed by atoms with van der Waals surface area (Å²) in [6.07, 6.45) is 0. The molecule has 1 atom stereocenters. The van der Waals surface area contributed by atoms with Crippen LogP contribution in [0.5, 0.6) is 0 Å². The third-order valence-electron chi connectivity index (χ3n) is 2.52. The zero-order chi connectivity index (χ0) is 11.4. The molecule has 1 nitrogen and oxygen atoms in total. The fourth-order valence-corrected chi connectivity index (χ4v) is 2.11. The van der Waals surface area contributed by atoms with Gasteiger partial charge in [-0.1, -0.05) is 32.9 Å². The van der Waals surface area contributed by atoms with Crippen LogP contribution in [0.2, 0.25) is 0 Å². The van der Waals surface area contributed by atoms with Gasteiger partial charge in [-0.05, 0) is 25.0 Å². The van der Waals surface area contributed by atoms with Crippen molar-refractivity contribution >= 4 is 17.5 Å². The molecule has 0 saturated heterocycles. The van der Waals surface area contributed by atoms with Crippen LogP contribution in [-0.4, -0.2) is 11.0 Å². The number of hydrogen-bond donors (Lipinski definition) is 0. The third-order valence-corrected chi connectivity index (χ3v) is 3.98. The highest BCUT2D eigenvalue weighted by Gasteiger charge is 2.08. The minimum Gasteiger partial charge on any atom is -0.295 e. The highest BCUT2D eigenvalue weighted by Crippen LogP contribution is 2.27. The van der Waals surface area contributed by atoms with E-state index in [1.807, 2.05) is 36.0 Å². The fraction of sp³-hybridized carbons (Fsp3) is 0.462. The van der Waals surface area contributed by atoms with Gasteiger partial charge in [0, 0.05) is 15.7 Å². The van der Waals surface area contributed by atoms with Crippen LogP contribution in [-0.2, 0) is 0 Å². The lowest BCUT2D eigenvalue weighted by atomic mass is 10.1. The van der Waals surface area contributed by atoms with Crippen LogP contribution in [0.15, 0.2) is 29.2 Å². The molecule has 0 heterocycles. The maximum atomic E-state index is 11.1. The largest absolute Gasteiger partial charge is 0.295 e. The zero-order valence-electron chi connectivity index (χ0n) is 9.78. The summed E-state index contributed by atoms with van der Waals surface area (Å²) >= 11 is 1.86. The first-order valence-electron chi connectivity index (χ1n) is 5.28. The van der Waals surface area contributed by atoms with Crippen molar-refractivity contribution in [3.63, 3.8) is 0 Å². The summed E-state index contributed by atoms with van der Waals surface area (Å²) in [6, 6.07) is 7.86. The molecule has 0 bridgehead atoms. The van der Waals surface area contributed by atoms with Crippen molar-refractivity contribution in [3.05, 3.63) is 29.8 Å². The molecule has 0 aromatic heterocycles. The predicted octanol–water partition coefficient (Wildman–Crippen LogP) is 4.03. The van der Waals surface area contributed by atoms with E-state index in [1.165, 1.54) is 4.90 Å². The van der Waals surface area contributed by atoms with Gasteiger partial charge in [0.1, 0.15) is 0 Å². The Labute approximate surface area is 96.3 Å². The molecule has 15 heavy (non-hydrogen) atoms. The fourth-order valence-electron chi connectivity index (χ4n) is 1.12. The van der Waals surface area contributed by atoms with Gasteiger partial charge in [-0.15, -0.1) is 11.8 Å². The highest BCUT2D eigenvalue weighted by molar-refractivity contribution is 8.00. The van der Waals surface area contributed by atoms with Gasteiger partial charge < -0.3 is 0 Å². The van der Waals surface area contributed by atoms with Gasteiger partial charge in [0.2, 0.25) is 0 Å². The van der Waals surface area contributed by atoms with Crippen molar-refractivity contribution in [1.29, 1.82) is 0 Å². The zero-order valence-corrected chi connectivity index (χ0v) is 10.6. The second kappa shape index (κ2) is 5.36. The summed E-state index contributed by atoms with van der Waals surface area (Å²) in [4.78, 5) is 12.3. The molecule has 0 aliphatic carbocycles. The van der Waals surface area contributed by atoms with E-state index in [1.54, 1.807) is 6.92 Å². The molecule has 1 aromatic rings. The number of ketones is 1. The number of carbonyl (C=O) groups excluding carboxylic acids is 1. The molecule has 1 unspecified atom stereocenters. The summed E-state index contributed by atoms with van der Waals surface area (Å²) in [6.45, 7) is 8.27. The van der Waals surface area contributed by atoms with Crippen LogP contribution in [0.3, 0.4) is 0 Å². The molecule has 0 radical (unpaired) electrons. The van der Waals surface area contributed by atoms with E-state index in [4.69, 9.17) is 0 Å². The molecule has 1 rings (SSSR count). The van der Waals surface area contributed by atoms with Gasteiger partial charge in [-0.3, -0.25) is 4.79 Å².